The molecule has 0 saturated heterocycles. The quantitative estimate of drug-likeness (QED) is 0.879. The fourth-order valence-corrected chi connectivity index (χ4v) is 3.15. The highest BCUT2D eigenvalue weighted by Crippen LogP contribution is 2.26. The van der Waals surface area contributed by atoms with E-state index in [1.807, 2.05) is 44.9 Å². The third-order valence-electron chi connectivity index (χ3n) is 4.82. The lowest BCUT2D eigenvalue weighted by atomic mass is 10.0. The summed E-state index contributed by atoms with van der Waals surface area (Å²) >= 11 is 0. The second-order valence-electron chi connectivity index (χ2n) is 6.68. The van der Waals surface area contributed by atoms with Gasteiger partial charge < -0.3 is 10.4 Å². The van der Waals surface area contributed by atoms with Crippen molar-refractivity contribution in [3.05, 3.63) is 29.3 Å². The standard InChI is InChI=1S/C18H28N2O2/c1-12-8-9-16(13(2)10-12)19-18(22)14(3)20(4)11-15-6-5-7-17(15)21/h8-10,14-15,17,21H,5-7,11H2,1-4H3,(H,19,22). The first-order chi connectivity index (χ1) is 10.4. The molecule has 0 radical (unpaired) electrons. The zero-order valence-electron chi connectivity index (χ0n) is 14.1. The van der Waals surface area contributed by atoms with E-state index in [0.717, 1.165) is 37.1 Å². The van der Waals surface area contributed by atoms with Crippen molar-refractivity contribution < 1.29 is 9.90 Å². The van der Waals surface area contributed by atoms with Crippen molar-refractivity contribution in [1.29, 1.82) is 0 Å². The smallest absolute Gasteiger partial charge is 0.241 e. The Hall–Kier alpha value is -1.39. The number of aliphatic hydroxyl groups is 1. The number of rotatable bonds is 5. The summed E-state index contributed by atoms with van der Waals surface area (Å²) in [6, 6.07) is 5.81. The lowest BCUT2D eigenvalue weighted by Gasteiger charge is -2.28. The molecule has 22 heavy (non-hydrogen) atoms. The molecule has 0 bridgehead atoms. The molecule has 0 heterocycles. The highest BCUT2D eigenvalue weighted by Gasteiger charge is 2.28. The van der Waals surface area contributed by atoms with Gasteiger partial charge >= 0.3 is 0 Å². The van der Waals surface area contributed by atoms with Crippen molar-refractivity contribution in [2.24, 2.45) is 5.92 Å². The minimum atomic E-state index is -0.214. The van der Waals surface area contributed by atoms with E-state index in [1.165, 1.54) is 5.56 Å². The van der Waals surface area contributed by atoms with E-state index in [-0.39, 0.29) is 18.1 Å². The predicted octanol–water partition coefficient (Wildman–Crippen LogP) is 2.72. The van der Waals surface area contributed by atoms with Gasteiger partial charge in [0.2, 0.25) is 5.91 Å². The van der Waals surface area contributed by atoms with Crippen LogP contribution in [0.5, 0.6) is 0 Å². The molecular formula is C18H28N2O2. The zero-order valence-corrected chi connectivity index (χ0v) is 14.1. The van der Waals surface area contributed by atoms with Crippen molar-refractivity contribution in [3.8, 4) is 0 Å². The Bertz CT molecular complexity index is 530. The molecule has 1 amide bonds. The molecule has 3 unspecified atom stereocenters. The molecule has 0 aromatic heterocycles. The summed E-state index contributed by atoms with van der Waals surface area (Å²) in [6.07, 6.45) is 2.82. The van der Waals surface area contributed by atoms with Crippen LogP contribution in [0.25, 0.3) is 0 Å². The largest absolute Gasteiger partial charge is 0.393 e. The van der Waals surface area contributed by atoms with Gasteiger partial charge in [0.25, 0.3) is 0 Å². The van der Waals surface area contributed by atoms with Gasteiger partial charge in [-0.15, -0.1) is 0 Å². The molecule has 1 aromatic carbocycles. The van der Waals surface area contributed by atoms with Crippen LogP contribution >= 0.6 is 0 Å². The SMILES string of the molecule is Cc1ccc(NC(=O)C(C)N(C)CC2CCCC2O)c(C)c1. The number of hydrogen-bond donors (Lipinski definition) is 2. The molecule has 1 aliphatic rings. The highest BCUT2D eigenvalue weighted by atomic mass is 16.3. The van der Waals surface area contributed by atoms with E-state index in [4.69, 9.17) is 0 Å². The molecular weight excluding hydrogens is 276 g/mol. The van der Waals surface area contributed by atoms with Crippen LogP contribution in [0.3, 0.4) is 0 Å². The number of nitrogens with zero attached hydrogens (tertiary/aromatic N) is 1. The van der Waals surface area contributed by atoms with E-state index in [1.54, 1.807) is 0 Å². The van der Waals surface area contributed by atoms with Crippen LogP contribution in [-0.2, 0) is 4.79 Å². The van der Waals surface area contributed by atoms with Crippen LogP contribution < -0.4 is 5.32 Å². The molecule has 1 saturated carbocycles. The lowest BCUT2D eigenvalue weighted by molar-refractivity contribution is -0.120. The van der Waals surface area contributed by atoms with Crippen molar-refractivity contribution in [2.45, 2.75) is 52.2 Å². The van der Waals surface area contributed by atoms with E-state index in [0.29, 0.717) is 5.92 Å². The summed E-state index contributed by atoms with van der Waals surface area (Å²) in [6.45, 7) is 6.73. The van der Waals surface area contributed by atoms with Crippen LogP contribution in [0.4, 0.5) is 5.69 Å². The Morgan fingerprint density at radius 3 is 2.73 bits per heavy atom. The molecule has 0 spiro atoms. The molecule has 2 rings (SSSR count). The van der Waals surface area contributed by atoms with Gasteiger partial charge in [-0.3, -0.25) is 9.69 Å². The van der Waals surface area contributed by atoms with Gasteiger partial charge in [0.05, 0.1) is 12.1 Å². The normalized spacial score (nSPS) is 22.8. The number of likely N-dealkylation sites (N-methyl/N-ethyl adjacent to an activating group) is 1. The number of benzene rings is 1. The van der Waals surface area contributed by atoms with Gasteiger partial charge in [-0.1, -0.05) is 24.1 Å². The first-order valence-electron chi connectivity index (χ1n) is 8.15. The van der Waals surface area contributed by atoms with Gasteiger partial charge in [-0.2, -0.15) is 0 Å². The Morgan fingerprint density at radius 1 is 1.41 bits per heavy atom. The average Bonchev–Trinajstić information content (AvgIpc) is 2.86. The molecule has 1 fully saturated rings. The second-order valence-corrected chi connectivity index (χ2v) is 6.68. The Morgan fingerprint density at radius 2 is 2.14 bits per heavy atom. The summed E-state index contributed by atoms with van der Waals surface area (Å²) in [4.78, 5) is 14.5. The van der Waals surface area contributed by atoms with Crippen LogP contribution in [-0.4, -0.2) is 41.7 Å². The number of amides is 1. The molecule has 1 aromatic rings. The molecule has 2 N–H and O–H groups in total. The van der Waals surface area contributed by atoms with Gasteiger partial charge in [0, 0.05) is 12.2 Å². The minimum Gasteiger partial charge on any atom is -0.393 e. The van der Waals surface area contributed by atoms with Gasteiger partial charge in [-0.25, -0.2) is 0 Å². The number of aryl methyl sites for hydroxylation is 2. The molecule has 3 atom stereocenters. The number of hydrogen-bond acceptors (Lipinski definition) is 3. The van der Waals surface area contributed by atoms with Crippen molar-refractivity contribution >= 4 is 11.6 Å². The maximum Gasteiger partial charge on any atom is 0.241 e. The fourth-order valence-electron chi connectivity index (χ4n) is 3.15. The van der Waals surface area contributed by atoms with E-state index >= 15 is 0 Å². The van der Waals surface area contributed by atoms with E-state index in [2.05, 4.69) is 11.4 Å². The Labute approximate surface area is 133 Å². The molecule has 4 nitrogen and oxygen atoms in total. The second kappa shape index (κ2) is 7.25. The van der Waals surface area contributed by atoms with Crippen LogP contribution in [0, 0.1) is 19.8 Å². The topological polar surface area (TPSA) is 52.6 Å². The summed E-state index contributed by atoms with van der Waals surface area (Å²) in [5.41, 5.74) is 3.14. The number of aliphatic hydroxyl groups excluding tert-OH is 1. The van der Waals surface area contributed by atoms with E-state index in [9.17, 15) is 9.90 Å². The lowest BCUT2D eigenvalue weighted by Crippen LogP contribution is -2.43. The number of nitrogens with one attached hydrogen (secondary N) is 1. The molecule has 4 heteroatoms. The molecule has 122 valence electrons. The summed E-state index contributed by atoms with van der Waals surface area (Å²) in [7, 11) is 1.96. The van der Waals surface area contributed by atoms with Crippen molar-refractivity contribution in [3.63, 3.8) is 0 Å². The monoisotopic (exact) mass is 304 g/mol. The number of carbonyl (C=O) groups excluding carboxylic acids is 1. The van der Waals surface area contributed by atoms with Gasteiger partial charge in [0.15, 0.2) is 0 Å². The summed E-state index contributed by atoms with van der Waals surface area (Å²) < 4.78 is 0. The average molecular weight is 304 g/mol. The minimum absolute atomic E-state index is 0.00180. The van der Waals surface area contributed by atoms with Gasteiger partial charge in [0.1, 0.15) is 0 Å². The van der Waals surface area contributed by atoms with E-state index < -0.39 is 0 Å². The third kappa shape index (κ3) is 4.08. The highest BCUT2D eigenvalue weighted by molar-refractivity contribution is 5.95. The summed E-state index contributed by atoms with van der Waals surface area (Å²) in [5, 5.41) is 12.9. The van der Waals surface area contributed by atoms with Crippen LogP contribution in [0.1, 0.15) is 37.3 Å². The maximum atomic E-state index is 12.4. The molecule has 1 aliphatic carbocycles. The summed E-state index contributed by atoms with van der Waals surface area (Å²) in [5.74, 6) is 0.295. The zero-order chi connectivity index (χ0) is 16.3. The fraction of sp³-hybridized carbons (Fsp3) is 0.611. The third-order valence-corrected chi connectivity index (χ3v) is 4.82. The van der Waals surface area contributed by atoms with Crippen molar-refractivity contribution in [1.82, 2.24) is 4.90 Å². The van der Waals surface area contributed by atoms with Gasteiger partial charge in [-0.05, 0) is 58.2 Å². The number of carbonyl (C=O) groups is 1. The Balaban J connectivity index is 1.93. The maximum absolute atomic E-state index is 12.4. The molecule has 0 aliphatic heterocycles. The van der Waals surface area contributed by atoms with Crippen LogP contribution in [0.15, 0.2) is 18.2 Å². The first kappa shape index (κ1) is 17.0. The number of anilines is 1. The Kier molecular flexibility index (Phi) is 5.59. The van der Waals surface area contributed by atoms with Crippen molar-refractivity contribution in [2.75, 3.05) is 18.9 Å². The first-order valence-corrected chi connectivity index (χ1v) is 8.15. The van der Waals surface area contributed by atoms with Crippen LogP contribution in [0.2, 0.25) is 0 Å². The predicted molar refractivity (Wildman–Crippen MR) is 90.0 cm³/mol.